The average Bonchev–Trinajstić information content (AvgIpc) is 1.70. The van der Waals surface area contributed by atoms with E-state index in [1.54, 1.807) is 59.2 Å². The van der Waals surface area contributed by atoms with E-state index in [1.165, 1.54) is 72.9 Å². The van der Waals surface area contributed by atoms with Crippen molar-refractivity contribution in [3.63, 3.8) is 0 Å². The van der Waals surface area contributed by atoms with Crippen LogP contribution in [0.25, 0.3) is 28.0 Å². The number of halogens is 9. The SMILES string of the molecule is CN(C)/C=C/c1cc(Cl)cnc1[N+](=O)[O-].C[C@H](C1CCC(c2ccnc3ccc(F)cc23)CC1)n1[nH]c2ncc(Cl)cc2c1=O.Cc1cc(Cl)cnc1N.Cc1cc(Cl)cnc1[N+](=O)[O-].O=Cc1cc(Cl)cnc1[N+](=O)[O-].O=[N+]([O-])c1ncc(Cl)cc1CBr.O=[N+]([O-])c1ncc(Cl)cc1CO. The van der Waals surface area contributed by atoms with Crippen LogP contribution in [0.2, 0.25) is 35.2 Å². The molecule has 0 radical (unpaired) electrons. The van der Waals surface area contributed by atoms with Crippen LogP contribution in [0, 0.1) is 76.2 Å². The van der Waals surface area contributed by atoms with Gasteiger partial charge in [0.2, 0.25) is 0 Å². The van der Waals surface area contributed by atoms with Crippen molar-refractivity contribution in [3.8, 4) is 0 Å². The zero-order valence-electron chi connectivity index (χ0n) is 53.2. The summed E-state index contributed by atoms with van der Waals surface area (Å²) in [5.74, 6) is -0.266. The Bertz CT molecular complexity index is 4670. The van der Waals surface area contributed by atoms with Crippen molar-refractivity contribution in [2.24, 2.45) is 5.92 Å². The van der Waals surface area contributed by atoms with Crippen LogP contribution < -0.4 is 11.3 Å². The molecule has 0 saturated heterocycles. The molecule has 1 saturated carbocycles. The maximum atomic E-state index is 13.8. The molecule has 9 aromatic heterocycles. The van der Waals surface area contributed by atoms with Crippen LogP contribution in [0.3, 0.4) is 0 Å². The van der Waals surface area contributed by atoms with E-state index in [4.69, 9.17) is 92.0 Å². The molecule has 0 unspecified atom stereocenters. The monoisotopic (exact) mass is 1590 g/mol. The smallest absolute Gasteiger partial charge is 0.374 e. The number of hydrogen-bond acceptors (Lipinski definition) is 23. The van der Waals surface area contributed by atoms with E-state index in [9.17, 15) is 64.6 Å². The normalized spacial score (nSPS) is 13.1. The molecule has 1 aliphatic rings. The summed E-state index contributed by atoms with van der Waals surface area (Å²) in [5.41, 5.74) is 10.2. The van der Waals surface area contributed by atoms with Crippen LogP contribution in [0.1, 0.15) is 88.3 Å². The second kappa shape index (κ2) is 39.4. The Morgan fingerprint density at radius 3 is 1.56 bits per heavy atom. The Balaban J connectivity index is 0.000000224. The van der Waals surface area contributed by atoms with E-state index < -0.39 is 37.0 Å². The Morgan fingerprint density at radius 1 is 0.614 bits per heavy atom. The highest BCUT2D eigenvalue weighted by Crippen LogP contribution is 2.42. The molecule has 10 aromatic rings. The largest absolute Gasteiger partial charge is 0.391 e. The number of hydrogen-bond donors (Lipinski definition) is 3. The summed E-state index contributed by atoms with van der Waals surface area (Å²) < 4.78 is 15.5. The number of aromatic nitrogens is 10. The van der Waals surface area contributed by atoms with Crippen molar-refractivity contribution in [2.45, 2.75) is 70.4 Å². The second-order valence-electron chi connectivity index (χ2n) is 21.3. The van der Waals surface area contributed by atoms with Gasteiger partial charge in [-0.3, -0.25) is 19.7 Å². The first kappa shape index (κ1) is 82.0. The van der Waals surface area contributed by atoms with E-state index in [-0.39, 0.29) is 61.9 Å². The van der Waals surface area contributed by atoms with Gasteiger partial charge in [-0.25, -0.2) is 19.0 Å². The molecule has 11 rings (SSSR count). The number of nitrogen functional groups attached to an aromatic ring is 1. The quantitative estimate of drug-likeness (QED) is 0.0418. The standard InChI is InChI=1S/C23H22ClFN4O.C9H10ClN3O2.C6H4BrClN2O2.C6H5ClN2O3.C6H3ClN2O3.C6H5ClN2O2.C6H7ClN2/c1-13(29-23(30)20-10-16(24)12-27-22(20)28-29)14-2-4-15(5-3-14)18-8-9-26-21-7-6-17(25)11-19(18)21;1-12(2)4-3-7-5-8(10)6-11-9(7)13(14)15;7-2-4-1-5(8)3-9-6(4)10(11)12;2*7-5-1-4(3-10)6(8-2-5)9(11)12;1-4-2-5(7)3-8-6(4)9(10)11;1-4-2-5(7)3-9-6(4)8/h6-15H,2-5H2,1H3,(H,27,28);3-6H,1-2H3;1,3H,2H2;1-2,10H,3H2;1-3H;2-3H,1H3;2-3H,1H3,(H2,8,9)/b;4-3+;;;;;/t13-,14?,15?;;;;;;/m1....../s1. The summed E-state index contributed by atoms with van der Waals surface area (Å²) in [6.45, 7) is 5.11. The van der Waals surface area contributed by atoms with Gasteiger partial charge in [-0.1, -0.05) is 97.1 Å². The van der Waals surface area contributed by atoms with Crippen molar-refractivity contribution in [2.75, 3.05) is 19.8 Å². The number of aryl methyl sites for hydroxylation is 2. The predicted molar refractivity (Wildman–Crippen MR) is 386 cm³/mol. The fraction of sp³-hybridized carbons (Fsp3) is 0.226. The van der Waals surface area contributed by atoms with Crippen molar-refractivity contribution < 1.29 is 38.9 Å². The lowest BCUT2D eigenvalue weighted by Gasteiger charge is -2.33. The zero-order valence-corrected chi connectivity index (χ0v) is 60.1. The molecule has 530 valence electrons. The summed E-state index contributed by atoms with van der Waals surface area (Å²) >= 11 is 42.5. The number of pyridine rings is 8. The number of carbonyl (C=O) groups is 1. The minimum atomic E-state index is -0.736. The fourth-order valence-corrected chi connectivity index (χ4v) is 11.0. The summed E-state index contributed by atoms with van der Waals surface area (Å²) in [6, 6.07) is 17.3. The van der Waals surface area contributed by atoms with E-state index in [1.807, 2.05) is 33.3 Å². The summed E-state index contributed by atoms with van der Waals surface area (Å²) in [6.07, 6.45) is 18.6. The number of aldehydes is 1. The zero-order chi connectivity index (χ0) is 74.9. The number of aromatic amines is 1. The first-order valence-electron chi connectivity index (χ1n) is 28.9. The molecule has 1 fully saturated rings. The van der Waals surface area contributed by atoms with Gasteiger partial charge in [-0.05, 0) is 198 Å². The summed E-state index contributed by atoms with van der Waals surface area (Å²) in [5, 5.41) is 68.1. The molecule has 0 bridgehead atoms. The lowest BCUT2D eigenvalue weighted by Crippen LogP contribution is -2.28. The van der Waals surface area contributed by atoms with Gasteiger partial charge in [0, 0.05) is 49.0 Å². The van der Waals surface area contributed by atoms with Crippen molar-refractivity contribution in [1.82, 2.24) is 54.6 Å². The van der Waals surface area contributed by atoms with Crippen LogP contribution in [0.5, 0.6) is 0 Å². The van der Waals surface area contributed by atoms with Gasteiger partial charge in [0.25, 0.3) is 5.56 Å². The van der Waals surface area contributed by atoms with Crippen molar-refractivity contribution >= 4 is 166 Å². The Morgan fingerprint density at radius 2 is 1.07 bits per heavy atom. The molecule has 39 heteroatoms. The number of aliphatic hydroxyl groups excluding tert-OH is 1. The topological polar surface area (TPSA) is 423 Å². The Hall–Kier alpha value is -9.64. The molecule has 4 N–H and O–H groups in total. The van der Waals surface area contributed by atoms with E-state index in [2.05, 4.69) is 67.8 Å². The maximum Gasteiger partial charge on any atom is 0.374 e. The number of carbonyl (C=O) groups excluding carboxylic acids is 1. The number of anilines is 1. The predicted octanol–water partition coefficient (Wildman–Crippen LogP) is 16.5. The van der Waals surface area contributed by atoms with E-state index >= 15 is 0 Å². The van der Waals surface area contributed by atoms with Gasteiger partial charge < -0.3 is 66.3 Å². The van der Waals surface area contributed by atoms with Crippen LogP contribution in [-0.2, 0) is 11.9 Å². The molecule has 1 aliphatic carbocycles. The first-order chi connectivity index (χ1) is 47.8. The number of nitrogens with one attached hydrogen (secondary N) is 1. The van der Waals surface area contributed by atoms with Crippen molar-refractivity contribution in [3.05, 3.63) is 263 Å². The van der Waals surface area contributed by atoms with E-state index in [0.29, 0.717) is 82.1 Å². The number of H-pyrrole nitrogens is 1. The number of nitrogens with zero attached hydrogens (tertiary/aromatic N) is 15. The van der Waals surface area contributed by atoms with Crippen LogP contribution in [0.15, 0.2) is 127 Å². The highest BCUT2D eigenvalue weighted by atomic mass is 79.9. The minimum absolute atomic E-state index is 0.0399. The average molecular weight is 1590 g/mol. The number of nitrogens with two attached hydrogens (primary N) is 1. The molecule has 0 amide bonds. The van der Waals surface area contributed by atoms with Gasteiger partial charge in [-0.2, -0.15) is 0 Å². The van der Waals surface area contributed by atoms with Gasteiger partial charge in [0.15, 0.2) is 42.9 Å². The molecular weight excluding hydrogens is 1540 g/mol. The molecular formula is C62H56BrCl7FN17O13. The van der Waals surface area contributed by atoms with Gasteiger partial charge >= 0.3 is 29.1 Å². The van der Waals surface area contributed by atoms with Gasteiger partial charge in [-0.15, -0.1) is 0 Å². The Kier molecular flexibility index (Phi) is 32.0. The fourth-order valence-electron chi connectivity index (χ4n) is 9.30. The van der Waals surface area contributed by atoms with Crippen LogP contribution >= 0.6 is 97.1 Å². The van der Waals surface area contributed by atoms with Crippen LogP contribution in [-0.4, -0.2) is 105 Å². The molecule has 0 aliphatic heterocycles. The third kappa shape index (κ3) is 24.6. The van der Waals surface area contributed by atoms with Gasteiger partial charge in [0.1, 0.15) is 17.2 Å². The third-order valence-corrected chi connectivity index (χ3v) is 16.1. The highest BCUT2D eigenvalue weighted by molar-refractivity contribution is 9.08. The second-order valence-corrected chi connectivity index (χ2v) is 24.9. The van der Waals surface area contributed by atoms with Gasteiger partial charge in [0.05, 0.1) is 75.4 Å². The molecule has 0 spiro atoms. The lowest BCUT2D eigenvalue weighted by molar-refractivity contribution is -0.390. The van der Waals surface area contributed by atoms with Crippen molar-refractivity contribution in [1.29, 1.82) is 0 Å². The van der Waals surface area contributed by atoms with Crippen LogP contribution in [0.4, 0.5) is 39.3 Å². The minimum Gasteiger partial charge on any atom is -0.391 e. The Labute approximate surface area is 615 Å². The number of fused-ring (bicyclic) bond motifs is 2. The summed E-state index contributed by atoms with van der Waals surface area (Å²) in [4.78, 5) is 104. The molecule has 101 heavy (non-hydrogen) atoms. The maximum absolute atomic E-state index is 13.8. The summed E-state index contributed by atoms with van der Waals surface area (Å²) in [7, 11) is 3.64. The number of benzene rings is 1. The molecule has 9 heterocycles. The number of nitro groups is 5. The molecule has 30 nitrogen and oxygen atoms in total. The molecule has 1 aromatic carbocycles. The first-order valence-corrected chi connectivity index (χ1v) is 32.6. The number of rotatable bonds is 13. The molecule has 1 atom stereocenters. The lowest BCUT2D eigenvalue weighted by atomic mass is 9.75. The number of alkyl halides is 1. The third-order valence-electron chi connectivity index (χ3n) is 14.1. The highest BCUT2D eigenvalue weighted by Gasteiger charge is 2.30. The number of aliphatic hydroxyl groups is 1. The van der Waals surface area contributed by atoms with E-state index in [0.717, 1.165) is 48.3 Å².